The van der Waals surface area contributed by atoms with Crippen molar-refractivity contribution in [2.24, 2.45) is 0 Å². The van der Waals surface area contributed by atoms with Crippen LogP contribution in [-0.2, 0) is 9.47 Å². The molecule has 0 aromatic heterocycles. The lowest BCUT2D eigenvalue weighted by Crippen LogP contribution is -2.12. The molecule has 1 atom stereocenters. The van der Waals surface area contributed by atoms with Crippen LogP contribution >= 0.6 is 0 Å². The standard InChI is InChI=1S/C7H14O2.C2H6/c1-2-4-9-7-3-5-8-6-7;1-2/h7H,2-6H2,1H3;1-2H3. The molecule has 0 spiro atoms. The van der Waals surface area contributed by atoms with E-state index >= 15 is 0 Å². The van der Waals surface area contributed by atoms with Crippen molar-refractivity contribution in [3.63, 3.8) is 0 Å². The van der Waals surface area contributed by atoms with Crippen molar-refractivity contribution < 1.29 is 9.47 Å². The van der Waals surface area contributed by atoms with E-state index < -0.39 is 0 Å². The Morgan fingerprint density at radius 3 is 2.64 bits per heavy atom. The molecule has 0 aromatic carbocycles. The summed E-state index contributed by atoms with van der Waals surface area (Å²) in [7, 11) is 0. The van der Waals surface area contributed by atoms with E-state index in [1.807, 2.05) is 13.8 Å². The molecule has 1 fully saturated rings. The first kappa shape index (κ1) is 10.9. The van der Waals surface area contributed by atoms with Crippen molar-refractivity contribution in [1.82, 2.24) is 0 Å². The Hall–Kier alpha value is -0.0800. The predicted octanol–water partition coefficient (Wildman–Crippen LogP) is 2.23. The molecule has 1 rings (SSSR count). The lowest BCUT2D eigenvalue weighted by Gasteiger charge is -2.06. The van der Waals surface area contributed by atoms with Gasteiger partial charge in [-0.05, 0) is 12.8 Å². The normalized spacial score (nSPS) is 22.6. The van der Waals surface area contributed by atoms with Gasteiger partial charge in [-0.3, -0.25) is 0 Å². The minimum Gasteiger partial charge on any atom is -0.379 e. The minimum absolute atomic E-state index is 0.393. The fourth-order valence-corrected chi connectivity index (χ4v) is 0.929. The second-order valence-corrected chi connectivity index (χ2v) is 2.36. The Labute approximate surface area is 69.9 Å². The summed E-state index contributed by atoms with van der Waals surface area (Å²) in [6, 6.07) is 0. The van der Waals surface area contributed by atoms with Gasteiger partial charge in [0.1, 0.15) is 0 Å². The van der Waals surface area contributed by atoms with Crippen LogP contribution in [0.25, 0.3) is 0 Å². The van der Waals surface area contributed by atoms with E-state index in [0.717, 1.165) is 32.7 Å². The molecule has 1 unspecified atom stereocenters. The zero-order valence-electron chi connectivity index (χ0n) is 7.93. The highest BCUT2D eigenvalue weighted by molar-refractivity contribution is 4.62. The molecule has 0 N–H and O–H groups in total. The van der Waals surface area contributed by atoms with Gasteiger partial charge in [0.2, 0.25) is 0 Å². The molecule has 2 heteroatoms. The fourth-order valence-electron chi connectivity index (χ4n) is 0.929. The molecule has 0 amide bonds. The summed E-state index contributed by atoms with van der Waals surface area (Å²) < 4.78 is 10.6. The second-order valence-electron chi connectivity index (χ2n) is 2.36. The molecule has 68 valence electrons. The summed E-state index contributed by atoms with van der Waals surface area (Å²) in [4.78, 5) is 0. The van der Waals surface area contributed by atoms with E-state index in [9.17, 15) is 0 Å². The summed E-state index contributed by atoms with van der Waals surface area (Å²) in [6.07, 6.45) is 2.58. The second kappa shape index (κ2) is 8.02. The van der Waals surface area contributed by atoms with Crippen LogP contribution in [0.2, 0.25) is 0 Å². The number of ether oxygens (including phenoxy) is 2. The van der Waals surface area contributed by atoms with Crippen LogP contribution in [0, 0.1) is 0 Å². The van der Waals surface area contributed by atoms with Gasteiger partial charge in [0, 0.05) is 13.2 Å². The van der Waals surface area contributed by atoms with E-state index in [4.69, 9.17) is 9.47 Å². The molecule has 0 bridgehead atoms. The van der Waals surface area contributed by atoms with Crippen LogP contribution in [0.1, 0.15) is 33.6 Å². The van der Waals surface area contributed by atoms with Gasteiger partial charge in [0.15, 0.2) is 0 Å². The molecule has 1 heterocycles. The molecule has 1 saturated heterocycles. The average Bonchev–Trinajstić information content (AvgIpc) is 2.57. The van der Waals surface area contributed by atoms with Crippen LogP contribution in [-0.4, -0.2) is 25.9 Å². The molecule has 0 radical (unpaired) electrons. The summed E-state index contributed by atoms with van der Waals surface area (Å²) in [5.41, 5.74) is 0. The smallest absolute Gasteiger partial charge is 0.0830 e. The zero-order valence-corrected chi connectivity index (χ0v) is 7.93. The van der Waals surface area contributed by atoms with Crippen molar-refractivity contribution in [3.8, 4) is 0 Å². The van der Waals surface area contributed by atoms with Gasteiger partial charge in [-0.25, -0.2) is 0 Å². The molecule has 11 heavy (non-hydrogen) atoms. The SMILES string of the molecule is CC.CCCOC1CCOC1. The van der Waals surface area contributed by atoms with Gasteiger partial charge >= 0.3 is 0 Å². The van der Waals surface area contributed by atoms with E-state index in [1.165, 1.54) is 0 Å². The first-order valence-electron chi connectivity index (χ1n) is 4.63. The Morgan fingerprint density at radius 1 is 1.45 bits per heavy atom. The maximum Gasteiger partial charge on any atom is 0.0830 e. The Morgan fingerprint density at radius 2 is 2.18 bits per heavy atom. The van der Waals surface area contributed by atoms with Gasteiger partial charge in [0.25, 0.3) is 0 Å². The quantitative estimate of drug-likeness (QED) is 0.630. The van der Waals surface area contributed by atoms with Gasteiger partial charge in [0.05, 0.1) is 12.7 Å². The highest BCUT2D eigenvalue weighted by atomic mass is 16.5. The molecular formula is C9H20O2. The van der Waals surface area contributed by atoms with Gasteiger partial charge in [-0.1, -0.05) is 20.8 Å². The van der Waals surface area contributed by atoms with Crippen LogP contribution < -0.4 is 0 Å². The summed E-state index contributed by atoms with van der Waals surface area (Å²) in [5.74, 6) is 0. The fraction of sp³-hybridized carbons (Fsp3) is 1.00. The summed E-state index contributed by atoms with van der Waals surface area (Å²) in [6.45, 7) is 8.69. The molecule has 2 nitrogen and oxygen atoms in total. The van der Waals surface area contributed by atoms with Crippen LogP contribution in [0.5, 0.6) is 0 Å². The molecular weight excluding hydrogens is 140 g/mol. The third kappa shape index (κ3) is 5.22. The van der Waals surface area contributed by atoms with Crippen LogP contribution in [0.15, 0.2) is 0 Å². The number of rotatable bonds is 3. The van der Waals surface area contributed by atoms with Crippen molar-refractivity contribution in [3.05, 3.63) is 0 Å². The lowest BCUT2D eigenvalue weighted by atomic mass is 10.3. The van der Waals surface area contributed by atoms with E-state index in [2.05, 4.69) is 6.92 Å². The maximum absolute atomic E-state index is 5.43. The monoisotopic (exact) mass is 160 g/mol. The molecule has 1 aliphatic rings. The summed E-state index contributed by atoms with van der Waals surface area (Å²) in [5, 5.41) is 0. The highest BCUT2D eigenvalue weighted by Crippen LogP contribution is 2.07. The Bertz CT molecular complexity index is 68.0. The minimum atomic E-state index is 0.393. The third-order valence-electron chi connectivity index (χ3n) is 1.45. The zero-order chi connectivity index (χ0) is 8.53. The van der Waals surface area contributed by atoms with E-state index in [1.54, 1.807) is 0 Å². The average molecular weight is 160 g/mol. The molecule has 0 aromatic rings. The van der Waals surface area contributed by atoms with Crippen LogP contribution in [0.3, 0.4) is 0 Å². The maximum atomic E-state index is 5.43. The largest absolute Gasteiger partial charge is 0.379 e. The van der Waals surface area contributed by atoms with Gasteiger partial charge in [-0.2, -0.15) is 0 Å². The Balaban J connectivity index is 0.000000461. The number of hydrogen-bond donors (Lipinski definition) is 0. The van der Waals surface area contributed by atoms with E-state index in [-0.39, 0.29) is 0 Å². The van der Waals surface area contributed by atoms with Crippen LogP contribution in [0.4, 0.5) is 0 Å². The van der Waals surface area contributed by atoms with E-state index in [0.29, 0.717) is 6.10 Å². The predicted molar refractivity (Wildman–Crippen MR) is 46.8 cm³/mol. The van der Waals surface area contributed by atoms with Gasteiger partial charge < -0.3 is 9.47 Å². The highest BCUT2D eigenvalue weighted by Gasteiger charge is 2.14. The molecule has 0 saturated carbocycles. The Kier molecular flexibility index (Phi) is 7.96. The molecule has 0 aliphatic carbocycles. The summed E-state index contributed by atoms with van der Waals surface area (Å²) >= 11 is 0. The third-order valence-corrected chi connectivity index (χ3v) is 1.45. The number of hydrogen-bond acceptors (Lipinski definition) is 2. The van der Waals surface area contributed by atoms with Crippen molar-refractivity contribution >= 4 is 0 Å². The van der Waals surface area contributed by atoms with Crippen molar-refractivity contribution in [2.45, 2.75) is 39.7 Å². The van der Waals surface area contributed by atoms with Gasteiger partial charge in [-0.15, -0.1) is 0 Å². The lowest BCUT2D eigenvalue weighted by molar-refractivity contribution is 0.0432. The topological polar surface area (TPSA) is 18.5 Å². The van der Waals surface area contributed by atoms with Crippen molar-refractivity contribution in [2.75, 3.05) is 19.8 Å². The molecule has 1 aliphatic heterocycles. The first-order valence-corrected chi connectivity index (χ1v) is 4.63. The first-order chi connectivity index (χ1) is 5.43. The van der Waals surface area contributed by atoms with Crippen molar-refractivity contribution in [1.29, 1.82) is 0 Å².